The number of rotatable bonds is 4. The minimum Gasteiger partial charge on any atom is -0.661 e. The molecule has 1 aromatic rings. The first-order valence-corrected chi connectivity index (χ1v) is 4.44. The van der Waals surface area contributed by atoms with Gasteiger partial charge >= 0.3 is 6.36 Å². The van der Waals surface area contributed by atoms with E-state index in [9.17, 15) is 13.2 Å². The van der Waals surface area contributed by atoms with Crippen LogP contribution in [0.3, 0.4) is 0 Å². The van der Waals surface area contributed by atoms with E-state index in [1.165, 1.54) is 25.3 Å². The van der Waals surface area contributed by atoms with Gasteiger partial charge in [-0.2, -0.15) is 7.05 Å². The Balaban J connectivity index is 2.90. The molecule has 0 radical (unpaired) electrons. The highest BCUT2D eigenvalue weighted by atomic mass is 19.4. The van der Waals surface area contributed by atoms with Gasteiger partial charge < -0.3 is 14.8 Å². The van der Waals surface area contributed by atoms with Gasteiger partial charge in [-0.25, -0.2) is 0 Å². The van der Waals surface area contributed by atoms with Crippen LogP contribution >= 0.6 is 0 Å². The number of nitrogens with zero attached hydrogens (tertiary/aromatic N) is 1. The molecule has 0 saturated carbocycles. The molecule has 0 aliphatic heterocycles. The van der Waals surface area contributed by atoms with Crippen molar-refractivity contribution in [2.24, 2.45) is 0 Å². The second-order valence-electron chi connectivity index (χ2n) is 3.00. The number of hydrogen-bond donors (Lipinski definition) is 0. The van der Waals surface area contributed by atoms with E-state index >= 15 is 0 Å². The summed E-state index contributed by atoms with van der Waals surface area (Å²) >= 11 is 0. The zero-order valence-electron chi connectivity index (χ0n) is 8.84. The van der Waals surface area contributed by atoms with Crippen LogP contribution in [0.1, 0.15) is 5.56 Å². The number of hydrogen-bond acceptors (Lipinski definition) is 2. The minimum atomic E-state index is -4.69. The van der Waals surface area contributed by atoms with Gasteiger partial charge in [-0.1, -0.05) is 6.07 Å². The predicted molar refractivity (Wildman–Crippen MR) is 52.7 cm³/mol. The van der Waals surface area contributed by atoms with E-state index in [4.69, 9.17) is 4.74 Å². The highest BCUT2D eigenvalue weighted by molar-refractivity contribution is 5.41. The third-order valence-corrected chi connectivity index (χ3v) is 1.82. The maximum absolute atomic E-state index is 11.9. The Hall–Kier alpha value is -1.43. The van der Waals surface area contributed by atoms with Gasteiger partial charge in [0.05, 0.1) is 7.11 Å². The van der Waals surface area contributed by atoms with Gasteiger partial charge in [-0.15, -0.1) is 19.7 Å². The van der Waals surface area contributed by atoms with Crippen LogP contribution in [0.25, 0.3) is 5.32 Å². The molecule has 0 aliphatic carbocycles. The average Bonchev–Trinajstić information content (AvgIpc) is 2.18. The summed E-state index contributed by atoms with van der Waals surface area (Å²) in [7, 11) is 2.99. The first-order valence-electron chi connectivity index (χ1n) is 4.44. The third kappa shape index (κ3) is 3.62. The maximum Gasteiger partial charge on any atom is 0.573 e. The van der Waals surface area contributed by atoms with Crippen molar-refractivity contribution in [1.82, 2.24) is 0 Å². The van der Waals surface area contributed by atoms with Gasteiger partial charge in [-0.05, 0) is 11.6 Å². The van der Waals surface area contributed by atoms with Gasteiger partial charge in [0.2, 0.25) is 0 Å². The minimum absolute atomic E-state index is 0.302. The maximum atomic E-state index is 11.9. The molecule has 6 heteroatoms. The smallest absolute Gasteiger partial charge is 0.573 e. The first kappa shape index (κ1) is 12.6. The SMILES string of the molecule is C[N-]Cc1ccc(OC(F)(F)F)cc1OC. The van der Waals surface area contributed by atoms with Gasteiger partial charge in [0.25, 0.3) is 0 Å². The van der Waals surface area contributed by atoms with Crippen LogP contribution in [-0.4, -0.2) is 20.5 Å². The lowest BCUT2D eigenvalue weighted by molar-refractivity contribution is -0.274. The van der Waals surface area contributed by atoms with Crippen LogP contribution < -0.4 is 9.47 Å². The molecule has 0 atom stereocenters. The van der Waals surface area contributed by atoms with Crippen molar-refractivity contribution in [2.75, 3.05) is 14.2 Å². The fourth-order valence-corrected chi connectivity index (χ4v) is 1.22. The lowest BCUT2D eigenvalue weighted by atomic mass is 10.2. The first-order chi connectivity index (χ1) is 7.46. The fourth-order valence-electron chi connectivity index (χ4n) is 1.22. The van der Waals surface area contributed by atoms with Crippen LogP contribution in [0, 0.1) is 0 Å². The largest absolute Gasteiger partial charge is 0.661 e. The quantitative estimate of drug-likeness (QED) is 0.801. The highest BCUT2D eigenvalue weighted by Gasteiger charge is 2.31. The molecule has 0 fully saturated rings. The van der Waals surface area contributed by atoms with E-state index in [1.807, 2.05) is 0 Å². The molecule has 16 heavy (non-hydrogen) atoms. The number of benzene rings is 1. The molecular formula is C10H11F3NO2-. The molecule has 90 valence electrons. The average molecular weight is 234 g/mol. The van der Waals surface area contributed by atoms with Gasteiger partial charge in [-0.3, -0.25) is 0 Å². The molecule has 3 nitrogen and oxygen atoms in total. The van der Waals surface area contributed by atoms with Crippen molar-refractivity contribution in [1.29, 1.82) is 0 Å². The van der Waals surface area contributed by atoms with E-state index in [0.29, 0.717) is 17.9 Å². The number of ether oxygens (including phenoxy) is 2. The van der Waals surface area contributed by atoms with E-state index in [0.717, 1.165) is 0 Å². The Morgan fingerprint density at radius 3 is 2.50 bits per heavy atom. The van der Waals surface area contributed by atoms with E-state index < -0.39 is 6.36 Å². The second-order valence-corrected chi connectivity index (χ2v) is 3.00. The molecule has 0 aliphatic rings. The summed E-state index contributed by atoms with van der Waals surface area (Å²) in [5.41, 5.74) is 0.708. The van der Waals surface area contributed by atoms with Crippen LogP contribution in [0.2, 0.25) is 0 Å². The number of alkyl halides is 3. The summed E-state index contributed by atoms with van der Waals surface area (Å²) in [4.78, 5) is 0. The Morgan fingerprint density at radius 1 is 1.31 bits per heavy atom. The number of methoxy groups -OCH3 is 1. The molecule has 0 bridgehead atoms. The molecule has 0 N–H and O–H groups in total. The molecule has 1 rings (SSSR count). The fraction of sp³-hybridized carbons (Fsp3) is 0.400. The van der Waals surface area contributed by atoms with Crippen LogP contribution in [0.5, 0.6) is 11.5 Å². The lowest BCUT2D eigenvalue weighted by Gasteiger charge is -2.16. The standard InChI is InChI=1S/C10H11F3NO2/c1-14-6-7-3-4-8(5-9(7)15-2)16-10(11,12)13/h3-5H,6H2,1-2H3/q-1. The molecule has 1 aromatic carbocycles. The number of halogens is 3. The molecule has 0 saturated heterocycles. The Labute approximate surface area is 91.2 Å². The van der Waals surface area contributed by atoms with Crippen molar-refractivity contribution < 1.29 is 22.6 Å². The van der Waals surface area contributed by atoms with Crippen molar-refractivity contribution in [2.45, 2.75) is 12.9 Å². The van der Waals surface area contributed by atoms with E-state index in [-0.39, 0.29) is 5.75 Å². The topological polar surface area (TPSA) is 32.6 Å². The van der Waals surface area contributed by atoms with Crippen molar-refractivity contribution in [3.8, 4) is 11.5 Å². The van der Waals surface area contributed by atoms with Gasteiger partial charge in [0, 0.05) is 6.07 Å². The molecule has 0 unspecified atom stereocenters. The van der Waals surface area contributed by atoms with Crippen LogP contribution in [-0.2, 0) is 6.54 Å². The molecule has 0 amide bonds. The molecule has 0 spiro atoms. The molecule has 0 heterocycles. The van der Waals surface area contributed by atoms with Crippen molar-refractivity contribution >= 4 is 0 Å². The normalized spacial score (nSPS) is 11.3. The van der Waals surface area contributed by atoms with Gasteiger partial charge in [0.1, 0.15) is 11.5 Å². The Kier molecular flexibility index (Phi) is 4.00. The third-order valence-electron chi connectivity index (χ3n) is 1.82. The van der Waals surface area contributed by atoms with Crippen LogP contribution in [0.4, 0.5) is 13.2 Å². The van der Waals surface area contributed by atoms with Gasteiger partial charge in [0.15, 0.2) is 0 Å². The highest BCUT2D eigenvalue weighted by Crippen LogP contribution is 2.29. The second kappa shape index (κ2) is 5.07. The monoisotopic (exact) mass is 234 g/mol. The summed E-state index contributed by atoms with van der Waals surface area (Å²) in [5, 5.41) is 3.88. The lowest BCUT2D eigenvalue weighted by Crippen LogP contribution is -2.17. The molecule has 0 aromatic heterocycles. The van der Waals surface area contributed by atoms with Crippen molar-refractivity contribution in [3.05, 3.63) is 29.1 Å². The predicted octanol–water partition coefficient (Wildman–Crippen LogP) is 3.10. The zero-order valence-corrected chi connectivity index (χ0v) is 8.84. The zero-order chi connectivity index (χ0) is 12.2. The van der Waals surface area contributed by atoms with E-state index in [1.54, 1.807) is 7.05 Å². The summed E-state index contributed by atoms with van der Waals surface area (Å²) in [5.74, 6) is 0.0246. The summed E-state index contributed by atoms with van der Waals surface area (Å²) in [6, 6.07) is 3.91. The van der Waals surface area contributed by atoms with Crippen molar-refractivity contribution in [3.63, 3.8) is 0 Å². The Bertz CT molecular complexity index is 352. The summed E-state index contributed by atoms with van der Waals surface area (Å²) in [6.45, 7) is 0.384. The van der Waals surface area contributed by atoms with Crippen LogP contribution in [0.15, 0.2) is 18.2 Å². The Morgan fingerprint density at radius 2 is 2.00 bits per heavy atom. The van der Waals surface area contributed by atoms with E-state index in [2.05, 4.69) is 10.1 Å². The summed E-state index contributed by atoms with van der Waals surface area (Å²) in [6.07, 6.45) is -4.69. The molecular weight excluding hydrogens is 223 g/mol. The summed E-state index contributed by atoms with van der Waals surface area (Å²) < 4.78 is 44.5.